The Labute approximate surface area is 200 Å². The van der Waals surface area contributed by atoms with Crippen molar-refractivity contribution in [2.75, 3.05) is 6.61 Å². The number of hydrogen-bond acceptors (Lipinski definition) is 4. The van der Waals surface area contributed by atoms with Gasteiger partial charge in [0.25, 0.3) is 0 Å². The van der Waals surface area contributed by atoms with Crippen LogP contribution in [0.4, 0.5) is 0 Å². The van der Waals surface area contributed by atoms with Crippen LogP contribution in [0.15, 0.2) is 12.2 Å². The van der Waals surface area contributed by atoms with Gasteiger partial charge in [0.05, 0.1) is 12.1 Å². The Hall–Kier alpha value is -0.710. The zero-order valence-electron chi connectivity index (χ0n) is 20.5. The van der Waals surface area contributed by atoms with Crippen molar-refractivity contribution in [3.8, 4) is 0 Å². The summed E-state index contributed by atoms with van der Waals surface area (Å²) in [7, 11) is 0. The molecule has 0 aromatic heterocycles. The minimum atomic E-state index is -0.430. The lowest BCUT2D eigenvalue weighted by atomic mass is 9.65. The second kappa shape index (κ2) is 9.74. The average Bonchev–Trinajstić information content (AvgIpc) is 3.36. The highest BCUT2D eigenvalue weighted by Crippen LogP contribution is 2.76. The summed E-state index contributed by atoms with van der Waals surface area (Å²) in [6, 6.07) is -0.382. The molecule has 5 fully saturated rings. The molecule has 4 N–H and O–H groups in total. The fourth-order valence-electron chi connectivity index (χ4n) is 9.96. The quantitative estimate of drug-likeness (QED) is 0.376. The average molecular weight is 458 g/mol. The first-order valence-corrected chi connectivity index (χ1v) is 14.2. The van der Waals surface area contributed by atoms with E-state index >= 15 is 0 Å². The number of fused-ring (bicyclic) bond motifs is 3. The fraction of sp³-hybridized carbons (Fsp3) is 0.897. The van der Waals surface area contributed by atoms with E-state index in [0.29, 0.717) is 36.0 Å². The number of allylic oxidation sites excluding steroid dienone is 1. The van der Waals surface area contributed by atoms with Crippen LogP contribution >= 0.6 is 0 Å². The molecule has 0 aromatic carbocycles. The molecule has 4 heteroatoms. The minimum absolute atomic E-state index is 0.0427. The van der Waals surface area contributed by atoms with E-state index < -0.39 is 6.10 Å². The van der Waals surface area contributed by atoms with Crippen molar-refractivity contribution in [2.24, 2.45) is 58.5 Å². The van der Waals surface area contributed by atoms with Crippen molar-refractivity contribution in [3.63, 3.8) is 0 Å². The largest absolute Gasteiger partial charge is 0.396 e. The molecular weight excluding hydrogens is 410 g/mol. The molecule has 0 spiro atoms. The van der Waals surface area contributed by atoms with Gasteiger partial charge >= 0.3 is 0 Å². The van der Waals surface area contributed by atoms with Crippen LogP contribution in [0.3, 0.4) is 0 Å². The third-order valence-corrected chi connectivity index (χ3v) is 11.4. The molecule has 10 atom stereocenters. The summed E-state index contributed by atoms with van der Waals surface area (Å²) in [5.41, 5.74) is 8.16. The van der Waals surface area contributed by atoms with Crippen LogP contribution < -0.4 is 5.73 Å². The molecule has 10 unspecified atom stereocenters. The maximum Gasteiger partial charge on any atom is 0.137 e. The van der Waals surface area contributed by atoms with Crippen LogP contribution in [-0.4, -0.2) is 35.3 Å². The zero-order valence-corrected chi connectivity index (χ0v) is 20.5. The Morgan fingerprint density at radius 2 is 1.82 bits per heavy atom. The Morgan fingerprint density at radius 1 is 1.03 bits per heavy atom. The number of carbonyl (C=O) groups is 1. The Kier molecular flexibility index (Phi) is 7.09. The monoisotopic (exact) mass is 457 g/mol. The smallest absolute Gasteiger partial charge is 0.137 e. The molecule has 0 radical (unpaired) electrons. The highest BCUT2D eigenvalue weighted by Gasteiger charge is 2.73. The van der Waals surface area contributed by atoms with Gasteiger partial charge in [-0.05, 0) is 98.7 Å². The lowest BCUT2D eigenvalue weighted by molar-refractivity contribution is -0.111. The Bertz CT molecular complexity index is 718. The summed E-state index contributed by atoms with van der Waals surface area (Å²) in [5, 5.41) is 20.0. The molecule has 0 aliphatic heterocycles. The van der Waals surface area contributed by atoms with Crippen LogP contribution in [0.2, 0.25) is 0 Å². The van der Waals surface area contributed by atoms with Crippen molar-refractivity contribution in [1.29, 1.82) is 0 Å². The number of aliphatic hydroxyl groups is 2. The molecule has 0 aromatic rings. The molecular formula is C29H47NO3. The van der Waals surface area contributed by atoms with Gasteiger partial charge < -0.3 is 20.7 Å². The second-order valence-electron chi connectivity index (χ2n) is 12.6. The number of hydrogen-bond donors (Lipinski definition) is 3. The number of carbonyl (C=O) groups excluding carboxylic acids is 1. The number of aliphatic hydroxyl groups excluding tert-OH is 2. The van der Waals surface area contributed by atoms with E-state index in [0.717, 1.165) is 56.6 Å². The van der Waals surface area contributed by atoms with E-state index in [-0.39, 0.29) is 24.0 Å². The molecule has 0 bridgehead atoms. The third-order valence-electron chi connectivity index (χ3n) is 11.4. The minimum Gasteiger partial charge on any atom is -0.396 e. The molecule has 4 nitrogen and oxygen atoms in total. The van der Waals surface area contributed by atoms with Crippen LogP contribution in [0.1, 0.15) is 89.9 Å². The van der Waals surface area contributed by atoms with Gasteiger partial charge in [0.2, 0.25) is 0 Å². The fourth-order valence-corrected chi connectivity index (χ4v) is 9.96. The van der Waals surface area contributed by atoms with E-state index in [4.69, 9.17) is 5.73 Å². The third kappa shape index (κ3) is 4.06. The Balaban J connectivity index is 1.40. The highest BCUT2D eigenvalue weighted by molar-refractivity contribution is 5.61. The lowest BCUT2D eigenvalue weighted by Crippen LogP contribution is -2.44. The first kappa shape index (κ1) is 24.0. The predicted octanol–water partition coefficient (Wildman–Crippen LogP) is 4.87. The lowest BCUT2D eigenvalue weighted by Gasteiger charge is -2.41. The van der Waals surface area contributed by atoms with Gasteiger partial charge in [0, 0.05) is 12.0 Å². The summed E-state index contributed by atoms with van der Waals surface area (Å²) >= 11 is 0. The standard InChI is InChI=1S/C29H47NO3/c1-18-10-11-25-28(24-16-21(15-23(18)24)19-6-3-2-4-7-19)29(25,27(30)17-32)22-9-5-8-20(14-22)26(33)12-13-31/h17,19-28,31,33H,1-16,30H2. The number of nitrogens with two attached hydrogens (primary N) is 1. The summed E-state index contributed by atoms with van der Waals surface area (Å²) < 4.78 is 0. The first-order chi connectivity index (χ1) is 16.0. The van der Waals surface area contributed by atoms with Crippen molar-refractivity contribution < 1.29 is 15.0 Å². The molecule has 0 saturated heterocycles. The molecule has 5 saturated carbocycles. The summed E-state index contributed by atoms with van der Waals surface area (Å²) in [6.07, 6.45) is 17.3. The van der Waals surface area contributed by atoms with E-state index in [9.17, 15) is 15.0 Å². The summed E-state index contributed by atoms with van der Waals surface area (Å²) in [6.45, 7) is 4.62. The predicted molar refractivity (Wildman–Crippen MR) is 131 cm³/mol. The molecule has 5 rings (SSSR count). The zero-order chi connectivity index (χ0) is 23.2. The molecule has 186 valence electrons. The topological polar surface area (TPSA) is 83.6 Å². The highest BCUT2D eigenvalue weighted by atomic mass is 16.3. The summed E-state index contributed by atoms with van der Waals surface area (Å²) in [5.74, 6) is 4.81. The van der Waals surface area contributed by atoms with Crippen molar-refractivity contribution >= 4 is 6.29 Å². The summed E-state index contributed by atoms with van der Waals surface area (Å²) in [4.78, 5) is 12.2. The van der Waals surface area contributed by atoms with E-state index in [1.807, 2.05) is 0 Å². The van der Waals surface area contributed by atoms with Gasteiger partial charge in [-0.3, -0.25) is 0 Å². The van der Waals surface area contributed by atoms with Crippen LogP contribution in [0.5, 0.6) is 0 Å². The molecule has 5 aliphatic carbocycles. The van der Waals surface area contributed by atoms with E-state index in [1.54, 1.807) is 0 Å². The van der Waals surface area contributed by atoms with E-state index in [1.165, 1.54) is 50.5 Å². The maximum atomic E-state index is 12.2. The SMILES string of the molecule is C=C1CCC2C(C3CC(C4CCCCC4)CC13)C2(C(N)C=O)C1CCCC(C(O)CCO)C1. The van der Waals surface area contributed by atoms with Gasteiger partial charge in [0.1, 0.15) is 6.29 Å². The molecule has 0 heterocycles. The number of aldehydes is 1. The van der Waals surface area contributed by atoms with E-state index in [2.05, 4.69) is 6.58 Å². The van der Waals surface area contributed by atoms with Crippen LogP contribution in [0, 0.1) is 52.8 Å². The number of rotatable bonds is 7. The molecule has 5 aliphatic rings. The Morgan fingerprint density at radius 3 is 2.55 bits per heavy atom. The van der Waals surface area contributed by atoms with Gasteiger partial charge in [-0.2, -0.15) is 0 Å². The van der Waals surface area contributed by atoms with Gasteiger partial charge in [0.15, 0.2) is 0 Å². The van der Waals surface area contributed by atoms with Crippen molar-refractivity contribution in [1.82, 2.24) is 0 Å². The van der Waals surface area contributed by atoms with Crippen molar-refractivity contribution in [3.05, 3.63) is 12.2 Å². The normalized spacial score (nSPS) is 45.5. The second-order valence-corrected chi connectivity index (χ2v) is 12.6. The van der Waals surface area contributed by atoms with Crippen molar-refractivity contribution in [2.45, 2.75) is 102 Å². The first-order valence-electron chi connectivity index (χ1n) is 14.2. The van der Waals surface area contributed by atoms with Gasteiger partial charge in [-0.25, -0.2) is 0 Å². The van der Waals surface area contributed by atoms with Crippen LogP contribution in [-0.2, 0) is 4.79 Å². The van der Waals surface area contributed by atoms with Gasteiger partial charge in [-0.15, -0.1) is 0 Å². The molecule has 0 amide bonds. The van der Waals surface area contributed by atoms with Gasteiger partial charge in [-0.1, -0.05) is 50.7 Å². The molecule has 33 heavy (non-hydrogen) atoms. The van der Waals surface area contributed by atoms with Crippen LogP contribution in [0.25, 0.3) is 0 Å². The maximum absolute atomic E-state index is 12.2.